The highest BCUT2D eigenvalue weighted by molar-refractivity contribution is 7.98. The number of anilines is 2. The van der Waals surface area contributed by atoms with Gasteiger partial charge >= 0.3 is 0 Å². The number of aromatic nitrogens is 3. The van der Waals surface area contributed by atoms with Crippen LogP contribution in [0.1, 0.15) is 27.3 Å². The van der Waals surface area contributed by atoms with E-state index in [2.05, 4.69) is 25.2 Å². The van der Waals surface area contributed by atoms with Crippen molar-refractivity contribution in [2.45, 2.75) is 29.7 Å². The maximum absolute atomic E-state index is 12.8. The van der Waals surface area contributed by atoms with E-state index >= 15 is 0 Å². The highest BCUT2D eigenvalue weighted by Gasteiger charge is 2.20. The Morgan fingerprint density at radius 2 is 1.80 bits per heavy atom. The van der Waals surface area contributed by atoms with Crippen LogP contribution < -0.4 is 10.0 Å². The number of thioether (sulfide) groups is 1. The molecule has 0 unspecified atom stereocenters. The summed E-state index contributed by atoms with van der Waals surface area (Å²) in [4.78, 5) is 21.2. The molecule has 1 amide bonds. The number of carbonyl (C=O) groups excluding carboxylic acids is 1. The first kappa shape index (κ1) is 24.7. The average molecular weight is 530 g/mol. The van der Waals surface area contributed by atoms with Crippen molar-refractivity contribution in [1.29, 1.82) is 0 Å². The fraction of sp³-hybridized carbons (Fsp3) is 0.130. The van der Waals surface area contributed by atoms with E-state index < -0.39 is 15.9 Å². The van der Waals surface area contributed by atoms with Crippen LogP contribution in [0.25, 0.3) is 0 Å². The van der Waals surface area contributed by atoms with Gasteiger partial charge in [-0.05, 0) is 43.7 Å². The second-order valence-corrected chi connectivity index (χ2v) is 10.5. The molecule has 0 fully saturated rings. The Balaban J connectivity index is 1.44. The Morgan fingerprint density at radius 1 is 1.09 bits per heavy atom. The summed E-state index contributed by atoms with van der Waals surface area (Å²) in [5.74, 6) is 0.153. The zero-order chi connectivity index (χ0) is 25.0. The fourth-order valence-corrected chi connectivity index (χ4v) is 4.90. The molecule has 0 aliphatic carbocycles. The maximum atomic E-state index is 12.8. The molecule has 35 heavy (non-hydrogen) atoms. The third-order valence-corrected chi connectivity index (χ3v) is 7.51. The Morgan fingerprint density at radius 3 is 2.46 bits per heavy atom. The Labute approximate surface area is 211 Å². The third kappa shape index (κ3) is 5.99. The zero-order valence-electron chi connectivity index (χ0n) is 18.6. The summed E-state index contributed by atoms with van der Waals surface area (Å²) in [5.41, 5.74) is 2.67. The van der Waals surface area contributed by atoms with Gasteiger partial charge in [0.25, 0.3) is 15.9 Å². The second-order valence-electron chi connectivity index (χ2n) is 7.43. The van der Waals surface area contributed by atoms with Gasteiger partial charge in [-0.15, -0.1) is 0 Å². The summed E-state index contributed by atoms with van der Waals surface area (Å²) in [6, 6.07) is 15.5. The molecule has 2 N–H and O–H groups in total. The number of nitrogens with zero attached hydrogens (tertiary/aromatic N) is 3. The number of aryl methyl sites for hydroxylation is 1. The van der Waals surface area contributed by atoms with Crippen LogP contribution in [0.4, 0.5) is 11.6 Å². The van der Waals surface area contributed by atoms with Crippen molar-refractivity contribution in [3.63, 3.8) is 0 Å². The molecule has 0 saturated heterocycles. The molecule has 0 aliphatic rings. The first-order valence-corrected chi connectivity index (χ1v) is 13.1. The van der Waals surface area contributed by atoms with Crippen molar-refractivity contribution in [1.82, 2.24) is 15.1 Å². The molecule has 180 valence electrons. The summed E-state index contributed by atoms with van der Waals surface area (Å²) in [7, 11) is -3.90. The fourth-order valence-electron chi connectivity index (χ4n) is 2.90. The number of amides is 1. The van der Waals surface area contributed by atoms with Crippen LogP contribution >= 0.6 is 23.4 Å². The predicted molar refractivity (Wildman–Crippen MR) is 134 cm³/mol. The topological polar surface area (TPSA) is 127 Å². The number of hydrogen-bond donors (Lipinski definition) is 2. The molecule has 12 heteroatoms. The minimum absolute atomic E-state index is 0.0105. The van der Waals surface area contributed by atoms with Crippen molar-refractivity contribution in [2.75, 3.05) is 10.0 Å². The van der Waals surface area contributed by atoms with Gasteiger partial charge in [0.15, 0.2) is 10.9 Å². The Kier molecular flexibility index (Phi) is 7.39. The molecule has 9 nitrogen and oxygen atoms in total. The van der Waals surface area contributed by atoms with Gasteiger partial charge in [-0.1, -0.05) is 58.9 Å². The molecule has 4 rings (SSSR count). The van der Waals surface area contributed by atoms with Crippen LogP contribution in [0, 0.1) is 13.8 Å². The molecular weight excluding hydrogens is 510 g/mol. The molecule has 0 aliphatic heterocycles. The van der Waals surface area contributed by atoms with E-state index in [1.54, 1.807) is 13.8 Å². The lowest BCUT2D eigenvalue weighted by Crippen LogP contribution is -2.16. The summed E-state index contributed by atoms with van der Waals surface area (Å²) < 4.78 is 32.7. The number of benzene rings is 2. The largest absolute Gasteiger partial charge is 0.337 e. The molecule has 0 atom stereocenters. The molecule has 2 aromatic carbocycles. The van der Waals surface area contributed by atoms with Gasteiger partial charge in [-0.3, -0.25) is 4.79 Å². The van der Waals surface area contributed by atoms with E-state index in [0.29, 0.717) is 27.9 Å². The highest BCUT2D eigenvalue weighted by Crippen LogP contribution is 2.24. The molecule has 0 saturated carbocycles. The first-order valence-electron chi connectivity index (χ1n) is 10.3. The van der Waals surface area contributed by atoms with Crippen molar-refractivity contribution < 1.29 is 17.7 Å². The number of rotatable bonds is 8. The first-order chi connectivity index (χ1) is 16.7. The SMILES string of the molecule is Cc1noc(NS(=O)(=O)c2ccc(NC(=O)c3nc(SCc4ccccc4)ncc3Cl)cc2)c1C. The van der Waals surface area contributed by atoms with Gasteiger partial charge in [-0.2, -0.15) is 0 Å². The summed E-state index contributed by atoms with van der Waals surface area (Å²) >= 11 is 7.54. The highest BCUT2D eigenvalue weighted by atomic mass is 35.5. The molecule has 2 aromatic heterocycles. The number of carbonyl (C=O) groups is 1. The molecule has 0 spiro atoms. The van der Waals surface area contributed by atoms with Gasteiger partial charge < -0.3 is 9.84 Å². The maximum Gasteiger partial charge on any atom is 0.275 e. The zero-order valence-corrected chi connectivity index (χ0v) is 21.0. The van der Waals surface area contributed by atoms with Crippen LogP contribution in [-0.2, 0) is 15.8 Å². The van der Waals surface area contributed by atoms with Crippen molar-refractivity contribution in [2.24, 2.45) is 0 Å². The average Bonchev–Trinajstić information content (AvgIpc) is 3.16. The van der Waals surface area contributed by atoms with E-state index in [0.717, 1.165) is 5.56 Å². The van der Waals surface area contributed by atoms with Crippen molar-refractivity contribution >= 4 is 50.9 Å². The van der Waals surface area contributed by atoms with E-state index in [-0.39, 0.29) is 21.5 Å². The molecule has 0 bridgehead atoms. The van der Waals surface area contributed by atoms with Crippen LogP contribution in [0.2, 0.25) is 5.02 Å². The molecular formula is C23H20ClN5O4S2. The lowest BCUT2D eigenvalue weighted by atomic mass is 10.2. The smallest absolute Gasteiger partial charge is 0.275 e. The predicted octanol–water partition coefficient (Wildman–Crippen LogP) is 5.08. The number of halogens is 1. The number of nitrogens with one attached hydrogen (secondary N) is 2. The Hall–Kier alpha value is -3.41. The summed E-state index contributed by atoms with van der Waals surface area (Å²) in [5, 5.41) is 6.93. The van der Waals surface area contributed by atoms with Crippen LogP contribution in [0.3, 0.4) is 0 Å². The van der Waals surface area contributed by atoms with E-state index in [1.807, 2.05) is 30.3 Å². The van der Waals surface area contributed by atoms with Gasteiger partial charge in [0, 0.05) is 17.0 Å². The van der Waals surface area contributed by atoms with E-state index in [1.165, 1.54) is 42.2 Å². The lowest BCUT2D eigenvalue weighted by Gasteiger charge is -2.09. The van der Waals surface area contributed by atoms with Gasteiger partial charge in [0.2, 0.25) is 5.88 Å². The van der Waals surface area contributed by atoms with Gasteiger partial charge in [-0.25, -0.2) is 23.1 Å². The van der Waals surface area contributed by atoms with Crippen LogP contribution in [-0.4, -0.2) is 29.4 Å². The van der Waals surface area contributed by atoms with E-state index in [4.69, 9.17) is 16.1 Å². The monoisotopic (exact) mass is 529 g/mol. The van der Waals surface area contributed by atoms with Crippen LogP contribution in [0.5, 0.6) is 0 Å². The summed E-state index contributed by atoms with van der Waals surface area (Å²) in [6.07, 6.45) is 1.38. The minimum Gasteiger partial charge on any atom is -0.337 e. The molecule has 2 heterocycles. The normalized spacial score (nSPS) is 11.3. The minimum atomic E-state index is -3.90. The van der Waals surface area contributed by atoms with E-state index in [9.17, 15) is 13.2 Å². The van der Waals surface area contributed by atoms with Crippen molar-refractivity contribution in [3.8, 4) is 0 Å². The second kappa shape index (κ2) is 10.5. The van der Waals surface area contributed by atoms with Gasteiger partial charge in [0.1, 0.15) is 0 Å². The van der Waals surface area contributed by atoms with Crippen molar-refractivity contribution in [3.05, 3.63) is 88.3 Å². The quantitative estimate of drug-likeness (QED) is 0.239. The number of hydrogen-bond acceptors (Lipinski definition) is 8. The molecule has 4 aromatic rings. The lowest BCUT2D eigenvalue weighted by molar-refractivity contribution is 0.102. The standard InChI is InChI=1S/C23H20ClN5O4S2/c1-14-15(2)28-33-22(14)29-35(31,32)18-10-8-17(9-11-18)26-21(30)20-19(24)12-25-23(27-20)34-13-16-6-4-3-5-7-16/h3-12,29H,13H2,1-2H3,(H,26,30). The number of sulfonamides is 1. The third-order valence-electron chi connectivity index (χ3n) is 4.95. The van der Waals surface area contributed by atoms with Gasteiger partial charge in [0.05, 0.1) is 21.8 Å². The summed E-state index contributed by atoms with van der Waals surface area (Å²) in [6.45, 7) is 3.41. The Bertz CT molecular complexity index is 1460. The van der Waals surface area contributed by atoms with Crippen LogP contribution in [0.15, 0.2) is 75.4 Å². The molecule has 0 radical (unpaired) electrons.